The summed E-state index contributed by atoms with van der Waals surface area (Å²) in [6.45, 7) is 4.03. The van der Waals surface area contributed by atoms with Crippen molar-refractivity contribution in [2.45, 2.75) is 38.3 Å². The van der Waals surface area contributed by atoms with Crippen LogP contribution in [0.1, 0.15) is 38.5 Å². The highest BCUT2D eigenvalue weighted by molar-refractivity contribution is 7.99. The summed E-state index contributed by atoms with van der Waals surface area (Å²) in [5, 5.41) is 3.56. The molecule has 3 aromatic heterocycles. The van der Waals surface area contributed by atoms with Crippen LogP contribution in [0.2, 0.25) is 0 Å². The number of fused-ring (bicyclic) bond motifs is 3. The molecule has 34 heavy (non-hydrogen) atoms. The Kier molecular flexibility index (Phi) is 5.91. The summed E-state index contributed by atoms with van der Waals surface area (Å²) in [6, 6.07) is 9.26. The SMILES string of the molecule is Cc1ccc(-n2c(SCC(=O)NC(=O)c3cccn3C)nc3sc4c(c3c2=O)CCC4)cc1C. The van der Waals surface area contributed by atoms with Crippen molar-refractivity contribution in [1.82, 2.24) is 19.4 Å². The summed E-state index contributed by atoms with van der Waals surface area (Å²) >= 11 is 2.73. The number of aryl methyl sites for hydroxylation is 5. The van der Waals surface area contributed by atoms with Gasteiger partial charge < -0.3 is 4.57 Å². The van der Waals surface area contributed by atoms with Gasteiger partial charge in [-0.1, -0.05) is 17.8 Å². The zero-order chi connectivity index (χ0) is 24.0. The summed E-state index contributed by atoms with van der Waals surface area (Å²) in [5.41, 5.74) is 4.35. The molecule has 0 saturated carbocycles. The van der Waals surface area contributed by atoms with Crippen LogP contribution in [0.5, 0.6) is 0 Å². The van der Waals surface area contributed by atoms with Crippen molar-refractivity contribution < 1.29 is 9.59 Å². The highest BCUT2D eigenvalue weighted by atomic mass is 32.2. The minimum atomic E-state index is -0.456. The van der Waals surface area contributed by atoms with E-state index in [0.29, 0.717) is 16.2 Å². The van der Waals surface area contributed by atoms with Crippen LogP contribution in [0.3, 0.4) is 0 Å². The lowest BCUT2D eigenvalue weighted by molar-refractivity contribution is -0.117. The van der Waals surface area contributed by atoms with Gasteiger partial charge >= 0.3 is 0 Å². The molecule has 5 rings (SSSR count). The highest BCUT2D eigenvalue weighted by Crippen LogP contribution is 2.36. The first-order chi connectivity index (χ1) is 16.3. The molecule has 0 atom stereocenters. The third-order valence-electron chi connectivity index (χ3n) is 6.22. The zero-order valence-electron chi connectivity index (χ0n) is 19.2. The molecular weight excluding hydrogens is 468 g/mol. The van der Waals surface area contributed by atoms with Gasteiger partial charge in [-0.3, -0.25) is 24.3 Å². The van der Waals surface area contributed by atoms with Gasteiger partial charge in [0.25, 0.3) is 11.5 Å². The first kappa shape index (κ1) is 22.6. The largest absolute Gasteiger partial charge is 0.347 e. The summed E-state index contributed by atoms with van der Waals surface area (Å²) in [7, 11) is 1.74. The van der Waals surface area contributed by atoms with E-state index in [0.717, 1.165) is 58.2 Å². The second-order valence-corrected chi connectivity index (χ2v) is 10.5. The molecule has 1 aromatic carbocycles. The van der Waals surface area contributed by atoms with E-state index in [1.54, 1.807) is 45.8 Å². The summed E-state index contributed by atoms with van der Waals surface area (Å²) < 4.78 is 3.26. The van der Waals surface area contributed by atoms with Gasteiger partial charge in [0.2, 0.25) is 5.91 Å². The first-order valence-corrected chi connectivity index (χ1v) is 12.9. The van der Waals surface area contributed by atoms with Crippen molar-refractivity contribution in [1.29, 1.82) is 0 Å². The number of nitrogens with zero attached hydrogens (tertiary/aromatic N) is 3. The second kappa shape index (κ2) is 8.88. The van der Waals surface area contributed by atoms with Gasteiger partial charge in [-0.15, -0.1) is 11.3 Å². The van der Waals surface area contributed by atoms with Gasteiger partial charge in [0.1, 0.15) is 10.5 Å². The first-order valence-electron chi connectivity index (χ1n) is 11.1. The summed E-state index contributed by atoms with van der Waals surface area (Å²) in [6.07, 6.45) is 4.68. The Morgan fingerprint density at radius 3 is 2.74 bits per heavy atom. The number of hydrogen-bond acceptors (Lipinski definition) is 6. The van der Waals surface area contributed by atoms with Gasteiger partial charge in [0.05, 0.1) is 16.8 Å². The molecule has 7 nitrogen and oxygen atoms in total. The number of thiophene rings is 1. The number of carbonyl (C=O) groups is 2. The van der Waals surface area contributed by atoms with E-state index >= 15 is 0 Å². The van der Waals surface area contributed by atoms with E-state index in [2.05, 4.69) is 5.32 Å². The van der Waals surface area contributed by atoms with E-state index in [9.17, 15) is 14.4 Å². The molecule has 0 aliphatic heterocycles. The van der Waals surface area contributed by atoms with Crippen molar-refractivity contribution in [3.8, 4) is 5.69 Å². The van der Waals surface area contributed by atoms with Crippen LogP contribution >= 0.6 is 23.1 Å². The number of hydrogen-bond donors (Lipinski definition) is 1. The van der Waals surface area contributed by atoms with E-state index in [1.807, 2.05) is 32.0 Å². The van der Waals surface area contributed by atoms with Gasteiger partial charge in [0, 0.05) is 18.1 Å². The molecule has 1 aliphatic carbocycles. The Morgan fingerprint density at radius 1 is 1.18 bits per heavy atom. The van der Waals surface area contributed by atoms with Crippen molar-refractivity contribution in [3.05, 3.63) is 74.1 Å². The van der Waals surface area contributed by atoms with E-state index in [4.69, 9.17) is 4.98 Å². The fraction of sp³-hybridized carbons (Fsp3) is 0.280. The molecule has 0 spiro atoms. The fourth-order valence-corrected chi connectivity index (χ4v) is 6.38. The predicted octanol–water partition coefficient (Wildman–Crippen LogP) is 3.94. The minimum Gasteiger partial charge on any atom is -0.347 e. The number of amides is 2. The maximum absolute atomic E-state index is 13.7. The Morgan fingerprint density at radius 2 is 2.00 bits per heavy atom. The molecule has 0 fully saturated rings. The Hall–Kier alpha value is -3.17. The standard InChI is InChI=1S/C25H24N4O3S2/c1-14-9-10-16(12-15(14)2)29-24(32)21-17-6-4-8-19(17)34-23(21)27-25(29)33-13-20(30)26-22(31)18-7-5-11-28(18)3/h5,7,9-12H,4,6,8,13H2,1-3H3,(H,26,30,31). The number of imide groups is 1. The average Bonchev–Trinajstić information content (AvgIpc) is 3.50. The monoisotopic (exact) mass is 492 g/mol. The Balaban J connectivity index is 1.50. The van der Waals surface area contributed by atoms with Gasteiger partial charge in [-0.05, 0) is 74.1 Å². The molecule has 4 aromatic rings. The molecule has 3 heterocycles. The lowest BCUT2D eigenvalue weighted by atomic mass is 10.1. The normalized spacial score (nSPS) is 12.8. The fourth-order valence-electron chi connectivity index (χ4n) is 4.27. The van der Waals surface area contributed by atoms with E-state index < -0.39 is 11.8 Å². The highest BCUT2D eigenvalue weighted by Gasteiger charge is 2.24. The molecule has 174 valence electrons. The quantitative estimate of drug-likeness (QED) is 0.337. The maximum atomic E-state index is 13.7. The maximum Gasteiger partial charge on any atom is 0.274 e. The number of rotatable bonds is 5. The number of aromatic nitrogens is 3. The van der Waals surface area contributed by atoms with Crippen LogP contribution < -0.4 is 10.9 Å². The van der Waals surface area contributed by atoms with Crippen molar-refractivity contribution in [3.63, 3.8) is 0 Å². The van der Waals surface area contributed by atoms with Crippen molar-refractivity contribution in [2.75, 3.05) is 5.75 Å². The molecule has 0 radical (unpaired) electrons. The number of thioether (sulfide) groups is 1. The average molecular weight is 493 g/mol. The van der Waals surface area contributed by atoms with Crippen LogP contribution in [0.15, 0.2) is 46.5 Å². The third-order valence-corrected chi connectivity index (χ3v) is 8.34. The van der Waals surface area contributed by atoms with Gasteiger partial charge in [-0.2, -0.15) is 0 Å². The predicted molar refractivity (Wildman–Crippen MR) is 135 cm³/mol. The molecule has 9 heteroatoms. The number of benzene rings is 1. The van der Waals surface area contributed by atoms with Crippen LogP contribution in [0.4, 0.5) is 0 Å². The lowest BCUT2D eigenvalue weighted by Gasteiger charge is -2.14. The lowest BCUT2D eigenvalue weighted by Crippen LogP contribution is -2.33. The van der Waals surface area contributed by atoms with Crippen LogP contribution in [-0.2, 0) is 24.7 Å². The molecule has 1 aliphatic rings. The molecular formula is C25H24N4O3S2. The molecule has 2 amide bonds. The van der Waals surface area contributed by atoms with Crippen molar-refractivity contribution >= 4 is 45.1 Å². The van der Waals surface area contributed by atoms with Crippen LogP contribution in [-0.4, -0.2) is 31.7 Å². The van der Waals surface area contributed by atoms with Crippen molar-refractivity contribution in [2.24, 2.45) is 7.05 Å². The molecule has 0 unspecified atom stereocenters. The second-order valence-electron chi connectivity index (χ2n) is 8.51. The Bertz CT molecular complexity index is 1510. The van der Waals surface area contributed by atoms with Crippen LogP contribution in [0.25, 0.3) is 15.9 Å². The minimum absolute atomic E-state index is 0.0377. The van der Waals surface area contributed by atoms with Crippen LogP contribution in [0, 0.1) is 13.8 Å². The molecule has 0 bridgehead atoms. The molecule has 0 saturated heterocycles. The summed E-state index contributed by atoms with van der Waals surface area (Å²) in [4.78, 5) is 45.5. The van der Waals surface area contributed by atoms with E-state index in [-0.39, 0.29) is 11.3 Å². The number of nitrogens with one attached hydrogen (secondary N) is 1. The third kappa shape index (κ3) is 3.99. The van der Waals surface area contributed by atoms with Gasteiger partial charge in [-0.25, -0.2) is 4.98 Å². The number of carbonyl (C=O) groups excluding carboxylic acids is 2. The Labute approximate surface area is 204 Å². The topological polar surface area (TPSA) is 86.0 Å². The molecule has 1 N–H and O–H groups in total. The smallest absolute Gasteiger partial charge is 0.274 e. The van der Waals surface area contributed by atoms with E-state index in [1.165, 1.54) is 4.88 Å². The summed E-state index contributed by atoms with van der Waals surface area (Å²) in [5.74, 6) is -0.932. The van der Waals surface area contributed by atoms with Gasteiger partial charge in [0.15, 0.2) is 5.16 Å². The zero-order valence-corrected chi connectivity index (χ0v) is 20.8.